The molecule has 2 rings (SSSR count). The Hall–Kier alpha value is -1.07. The molecular formula is C15H26ClN3O5S2. The lowest BCUT2D eigenvalue weighted by atomic mass is 10.2. The first-order valence-corrected chi connectivity index (χ1v) is 11.2. The number of halogens is 1. The van der Waals surface area contributed by atoms with Crippen LogP contribution in [0.2, 0.25) is 0 Å². The monoisotopic (exact) mass is 427 g/mol. The van der Waals surface area contributed by atoms with E-state index in [4.69, 9.17) is 4.74 Å². The van der Waals surface area contributed by atoms with E-state index in [-0.39, 0.29) is 34.8 Å². The lowest BCUT2D eigenvalue weighted by Gasteiger charge is -2.25. The van der Waals surface area contributed by atoms with Gasteiger partial charge in [0.25, 0.3) is 0 Å². The van der Waals surface area contributed by atoms with Crippen molar-refractivity contribution in [2.45, 2.75) is 30.7 Å². The molecule has 1 aromatic rings. The molecule has 0 amide bonds. The van der Waals surface area contributed by atoms with Gasteiger partial charge in [-0.2, -0.15) is 4.31 Å². The van der Waals surface area contributed by atoms with Crippen molar-refractivity contribution in [1.82, 2.24) is 9.62 Å². The normalized spacial score (nSPS) is 18.3. The minimum absolute atomic E-state index is 0. The van der Waals surface area contributed by atoms with Gasteiger partial charge in [0.15, 0.2) is 0 Å². The molecule has 1 fully saturated rings. The van der Waals surface area contributed by atoms with E-state index in [1.165, 1.54) is 36.5 Å². The maximum Gasteiger partial charge on any atom is 0.245 e. The Kier molecular flexibility index (Phi) is 8.15. The Labute approximate surface area is 161 Å². The Bertz CT molecular complexity index is 815. The zero-order valence-electron chi connectivity index (χ0n) is 15.1. The van der Waals surface area contributed by atoms with Gasteiger partial charge in [-0.15, -0.1) is 12.4 Å². The number of likely N-dealkylation sites (N-methyl/N-ethyl adjacent to an activating group) is 1. The lowest BCUT2D eigenvalue weighted by molar-refractivity contribution is 0.379. The minimum atomic E-state index is -3.84. The summed E-state index contributed by atoms with van der Waals surface area (Å²) in [6.07, 6.45) is 1.55. The number of rotatable bonds is 8. The fourth-order valence-electron chi connectivity index (χ4n) is 2.87. The second kappa shape index (κ2) is 9.23. The standard InChI is InChI=1S/C15H25N3O5S2.ClH/c1-4-24(19,20)17-14-10-13(23-3)7-8-15(14)25(21,22)18-9-5-6-12(18)11-16-2;/h7-8,10,12,16-17H,4-6,9,11H2,1-3H3;1H. The van der Waals surface area contributed by atoms with Crippen LogP contribution in [0.15, 0.2) is 23.1 Å². The molecule has 11 heteroatoms. The first kappa shape index (κ1) is 23.0. The lowest BCUT2D eigenvalue weighted by Crippen LogP contribution is -2.41. The van der Waals surface area contributed by atoms with Crippen LogP contribution in [0.5, 0.6) is 5.75 Å². The van der Waals surface area contributed by atoms with E-state index in [1.807, 2.05) is 0 Å². The second-order valence-corrected chi connectivity index (χ2v) is 9.71. The van der Waals surface area contributed by atoms with Gasteiger partial charge in [-0.3, -0.25) is 4.72 Å². The number of anilines is 1. The van der Waals surface area contributed by atoms with E-state index in [1.54, 1.807) is 7.05 Å². The molecule has 1 aromatic carbocycles. The molecule has 1 heterocycles. The Morgan fingerprint density at radius 2 is 1.96 bits per heavy atom. The number of nitrogens with one attached hydrogen (secondary N) is 2. The molecule has 0 saturated carbocycles. The molecule has 0 aliphatic carbocycles. The van der Waals surface area contributed by atoms with Gasteiger partial charge in [-0.05, 0) is 38.9 Å². The highest BCUT2D eigenvalue weighted by Crippen LogP contribution is 2.33. The fraction of sp³-hybridized carbons (Fsp3) is 0.600. The predicted molar refractivity (Wildman–Crippen MR) is 104 cm³/mol. The number of methoxy groups -OCH3 is 1. The summed E-state index contributed by atoms with van der Waals surface area (Å²) < 4.78 is 59.1. The first-order valence-electron chi connectivity index (χ1n) is 8.10. The van der Waals surface area contributed by atoms with Gasteiger partial charge in [-0.25, -0.2) is 16.8 Å². The summed E-state index contributed by atoms with van der Waals surface area (Å²) in [4.78, 5) is -0.0617. The summed E-state index contributed by atoms with van der Waals surface area (Å²) in [6.45, 7) is 2.45. The number of hydrogen-bond donors (Lipinski definition) is 2. The molecule has 0 bridgehead atoms. The van der Waals surface area contributed by atoms with Gasteiger partial charge < -0.3 is 10.1 Å². The van der Waals surface area contributed by atoms with Gasteiger partial charge in [0.05, 0.1) is 18.6 Å². The van der Waals surface area contributed by atoms with Crippen LogP contribution in [-0.2, 0) is 20.0 Å². The molecule has 0 radical (unpaired) electrons. The summed E-state index contributed by atoms with van der Waals surface area (Å²) in [7, 11) is -4.25. The zero-order chi connectivity index (χ0) is 18.7. The predicted octanol–water partition coefficient (Wildman–Crippen LogP) is 1.25. The van der Waals surface area contributed by atoms with Crippen LogP contribution in [0, 0.1) is 0 Å². The summed E-state index contributed by atoms with van der Waals surface area (Å²) in [6, 6.07) is 4.15. The second-order valence-electron chi connectivity index (χ2n) is 5.84. The van der Waals surface area contributed by atoms with Gasteiger partial charge >= 0.3 is 0 Å². The van der Waals surface area contributed by atoms with Gasteiger partial charge in [-0.1, -0.05) is 0 Å². The van der Waals surface area contributed by atoms with Crippen LogP contribution >= 0.6 is 12.4 Å². The molecule has 150 valence electrons. The van der Waals surface area contributed by atoms with E-state index in [2.05, 4.69) is 10.0 Å². The molecule has 0 spiro atoms. The average molecular weight is 428 g/mol. The maximum absolute atomic E-state index is 13.1. The summed E-state index contributed by atoms with van der Waals surface area (Å²) >= 11 is 0. The van der Waals surface area contributed by atoms with Gasteiger partial charge in [0.2, 0.25) is 20.0 Å². The fourth-order valence-corrected chi connectivity index (χ4v) is 5.41. The smallest absolute Gasteiger partial charge is 0.245 e. The van der Waals surface area contributed by atoms with Crippen molar-refractivity contribution in [3.05, 3.63) is 18.2 Å². The van der Waals surface area contributed by atoms with Crippen LogP contribution in [0.4, 0.5) is 5.69 Å². The van der Waals surface area contributed by atoms with Crippen LogP contribution in [0.1, 0.15) is 19.8 Å². The molecule has 2 N–H and O–H groups in total. The highest BCUT2D eigenvalue weighted by atomic mass is 35.5. The van der Waals surface area contributed by atoms with Crippen molar-refractivity contribution in [3.8, 4) is 5.75 Å². The minimum Gasteiger partial charge on any atom is -0.497 e. The summed E-state index contributed by atoms with van der Waals surface area (Å²) in [5.41, 5.74) is 0.0105. The van der Waals surface area contributed by atoms with E-state index < -0.39 is 20.0 Å². The Morgan fingerprint density at radius 3 is 2.54 bits per heavy atom. The van der Waals surface area contributed by atoms with Gasteiger partial charge in [0, 0.05) is 25.2 Å². The van der Waals surface area contributed by atoms with Gasteiger partial charge in [0.1, 0.15) is 10.6 Å². The third kappa shape index (κ3) is 5.01. The molecule has 1 unspecified atom stereocenters. The van der Waals surface area contributed by atoms with E-state index in [0.717, 1.165) is 12.8 Å². The topological polar surface area (TPSA) is 105 Å². The maximum atomic E-state index is 13.1. The van der Waals surface area contributed by atoms with Crippen molar-refractivity contribution in [1.29, 1.82) is 0 Å². The SMILES string of the molecule is CCS(=O)(=O)Nc1cc(OC)ccc1S(=O)(=O)N1CCCC1CNC.Cl. The third-order valence-corrected chi connectivity index (χ3v) is 7.48. The molecular weight excluding hydrogens is 402 g/mol. The highest BCUT2D eigenvalue weighted by Gasteiger charge is 2.36. The molecule has 0 aromatic heterocycles. The van der Waals surface area contributed by atoms with Crippen molar-refractivity contribution >= 4 is 38.1 Å². The highest BCUT2D eigenvalue weighted by molar-refractivity contribution is 7.93. The van der Waals surface area contributed by atoms with Crippen LogP contribution < -0.4 is 14.8 Å². The molecule has 26 heavy (non-hydrogen) atoms. The summed E-state index contributed by atoms with van der Waals surface area (Å²) in [5.74, 6) is 0.219. The number of benzene rings is 1. The molecule has 1 aliphatic rings. The number of ether oxygens (including phenoxy) is 1. The van der Waals surface area contributed by atoms with Crippen molar-refractivity contribution in [2.75, 3.05) is 37.7 Å². The Morgan fingerprint density at radius 1 is 1.27 bits per heavy atom. The largest absolute Gasteiger partial charge is 0.497 e. The third-order valence-electron chi connectivity index (χ3n) is 4.18. The van der Waals surface area contributed by atoms with Crippen LogP contribution in [0.3, 0.4) is 0 Å². The van der Waals surface area contributed by atoms with E-state index in [9.17, 15) is 16.8 Å². The Balaban J connectivity index is 0.00000338. The first-order chi connectivity index (χ1) is 11.7. The van der Waals surface area contributed by atoms with Crippen molar-refractivity contribution in [2.24, 2.45) is 0 Å². The number of hydrogen-bond acceptors (Lipinski definition) is 6. The number of nitrogens with zero attached hydrogens (tertiary/aromatic N) is 1. The molecule has 1 saturated heterocycles. The molecule has 8 nitrogen and oxygen atoms in total. The van der Waals surface area contributed by atoms with Crippen molar-refractivity contribution < 1.29 is 21.6 Å². The number of sulfonamides is 2. The average Bonchev–Trinajstić information content (AvgIpc) is 3.03. The van der Waals surface area contributed by atoms with E-state index >= 15 is 0 Å². The quantitative estimate of drug-likeness (QED) is 0.647. The zero-order valence-corrected chi connectivity index (χ0v) is 17.5. The van der Waals surface area contributed by atoms with Crippen LogP contribution in [0.25, 0.3) is 0 Å². The van der Waals surface area contributed by atoms with E-state index in [0.29, 0.717) is 18.8 Å². The van der Waals surface area contributed by atoms with Crippen molar-refractivity contribution in [3.63, 3.8) is 0 Å². The van der Waals surface area contributed by atoms with Crippen LogP contribution in [-0.4, -0.2) is 60.2 Å². The summed E-state index contributed by atoms with van der Waals surface area (Å²) in [5, 5.41) is 3.01. The molecule has 1 atom stereocenters. The molecule has 1 aliphatic heterocycles.